The Labute approximate surface area is 243 Å². The second-order valence-electron chi connectivity index (χ2n) is 8.08. The Hall–Kier alpha value is -2.17. The third kappa shape index (κ3) is 8.97. The van der Waals surface area contributed by atoms with Crippen molar-refractivity contribution < 1.29 is 63.9 Å². The van der Waals surface area contributed by atoms with E-state index in [4.69, 9.17) is 25.8 Å². The van der Waals surface area contributed by atoms with Gasteiger partial charge >= 0.3 is 29.6 Å². The van der Waals surface area contributed by atoms with Crippen molar-refractivity contribution in [1.29, 1.82) is 0 Å². The largest absolute Gasteiger partial charge is 1.00 e. The minimum atomic E-state index is -1.17. The van der Waals surface area contributed by atoms with Crippen molar-refractivity contribution in [3.63, 3.8) is 0 Å². The number of carboxylic acids is 1. The molecule has 0 radical (unpaired) electrons. The predicted octanol–water partition coefficient (Wildman–Crippen LogP) is 0.243. The van der Waals surface area contributed by atoms with Crippen LogP contribution in [0, 0.1) is 6.92 Å². The summed E-state index contributed by atoms with van der Waals surface area (Å²) in [6, 6.07) is 16.2. The summed E-state index contributed by atoms with van der Waals surface area (Å²) in [4.78, 5) is 15.4. The molecule has 0 saturated heterocycles. The molecule has 10 heteroatoms. The van der Waals surface area contributed by atoms with E-state index in [1.54, 1.807) is 36.4 Å². The number of halogens is 1. The first kappa shape index (κ1) is 31.1. The quantitative estimate of drug-likeness (QED) is 0.298. The number of aromatic nitrogens is 1. The van der Waals surface area contributed by atoms with Crippen LogP contribution in [0.4, 0.5) is 0 Å². The van der Waals surface area contributed by atoms with E-state index in [0.29, 0.717) is 35.6 Å². The first-order valence-electron chi connectivity index (χ1n) is 11.5. The van der Waals surface area contributed by atoms with Crippen LogP contribution in [-0.4, -0.2) is 47.1 Å². The Kier molecular flexibility index (Phi) is 12.8. The third-order valence-electron chi connectivity index (χ3n) is 5.45. The molecule has 37 heavy (non-hydrogen) atoms. The summed E-state index contributed by atoms with van der Waals surface area (Å²) in [7, 11) is 0. The number of aryl methyl sites for hydroxylation is 1. The van der Waals surface area contributed by atoms with E-state index in [-0.39, 0.29) is 49.2 Å². The molecule has 2 N–H and O–H groups in total. The molecule has 0 aliphatic rings. The maximum atomic E-state index is 11.0. The number of ether oxygens (including phenoxy) is 3. The summed E-state index contributed by atoms with van der Waals surface area (Å²) in [5.74, 6) is -0.241. The number of hydrogen-bond donors (Lipinski definition) is 2. The fourth-order valence-corrected chi connectivity index (χ4v) is 3.85. The summed E-state index contributed by atoms with van der Waals surface area (Å²) >= 11 is 6.47. The van der Waals surface area contributed by atoms with Crippen LogP contribution in [0.15, 0.2) is 54.6 Å². The summed E-state index contributed by atoms with van der Waals surface area (Å²) in [6.07, 6.45) is -1.52. The molecule has 1 aromatic heterocycles. The van der Waals surface area contributed by atoms with E-state index in [9.17, 15) is 20.1 Å². The molecule has 0 spiro atoms. The zero-order chi connectivity index (χ0) is 26.1. The standard InChI is InChI=1S/C27H30ClNO7.Na/c1-3-34-25(13-27(32)33)19-5-7-20(8-6-19)35-16-18-4-10-24(28)23(12-18)22-9-11-26(29-17(22)2)36-21(14-30)15-31;/h4-12,21,25,30-31H,3,13-16H2,1-2H3,(H,32,33);/q;+1/p-1/t25-;/m0./s1. The summed E-state index contributed by atoms with van der Waals surface area (Å²) < 4.78 is 16.9. The van der Waals surface area contributed by atoms with Crippen LogP contribution in [-0.2, 0) is 16.1 Å². The molecule has 1 heterocycles. The number of hydrogen-bond acceptors (Lipinski definition) is 8. The second kappa shape index (κ2) is 15.3. The maximum absolute atomic E-state index is 11.0. The van der Waals surface area contributed by atoms with Crippen molar-refractivity contribution in [3.8, 4) is 22.8 Å². The van der Waals surface area contributed by atoms with Crippen LogP contribution >= 0.6 is 11.6 Å². The molecule has 0 aliphatic carbocycles. The number of aliphatic carboxylic acids is 1. The number of rotatable bonds is 13. The molecular formula is C27H29ClNNaO7. The molecule has 192 valence electrons. The van der Waals surface area contributed by atoms with Gasteiger partial charge in [0.2, 0.25) is 5.88 Å². The van der Waals surface area contributed by atoms with Gasteiger partial charge in [-0.05, 0) is 55.3 Å². The summed E-state index contributed by atoms with van der Waals surface area (Å²) in [5.41, 5.74) is 3.91. The van der Waals surface area contributed by atoms with Crippen LogP contribution in [0.1, 0.15) is 36.3 Å². The van der Waals surface area contributed by atoms with Gasteiger partial charge in [0.25, 0.3) is 0 Å². The minimum Gasteiger partial charge on any atom is -0.550 e. The number of aliphatic hydroxyl groups excluding tert-OH is 2. The normalized spacial score (nSPS) is 11.6. The van der Waals surface area contributed by atoms with Gasteiger partial charge < -0.3 is 34.3 Å². The average molecular weight is 538 g/mol. The van der Waals surface area contributed by atoms with Gasteiger partial charge in [0.05, 0.1) is 19.3 Å². The van der Waals surface area contributed by atoms with Gasteiger partial charge in [-0.15, -0.1) is 0 Å². The topological polar surface area (TPSA) is 121 Å². The van der Waals surface area contributed by atoms with E-state index < -0.39 is 18.2 Å². The van der Waals surface area contributed by atoms with Crippen LogP contribution in [0.25, 0.3) is 11.1 Å². The first-order chi connectivity index (χ1) is 17.3. The Morgan fingerprint density at radius 2 is 1.76 bits per heavy atom. The van der Waals surface area contributed by atoms with Gasteiger partial charge in [0.1, 0.15) is 18.5 Å². The molecule has 0 bridgehead atoms. The molecule has 0 aliphatic heterocycles. The van der Waals surface area contributed by atoms with E-state index in [2.05, 4.69) is 4.98 Å². The molecule has 8 nitrogen and oxygen atoms in total. The van der Waals surface area contributed by atoms with Gasteiger partial charge in [-0.3, -0.25) is 0 Å². The SMILES string of the molecule is CCO[C@@H](CC(=O)[O-])c1ccc(OCc2ccc(Cl)c(-c3ccc(OC(CO)CO)nc3C)c2)cc1.[Na+]. The Balaban J connectivity index is 0.00000481. The van der Waals surface area contributed by atoms with Gasteiger partial charge in [0, 0.05) is 46.9 Å². The number of pyridine rings is 1. The monoisotopic (exact) mass is 537 g/mol. The fourth-order valence-electron chi connectivity index (χ4n) is 3.63. The first-order valence-corrected chi connectivity index (χ1v) is 11.9. The third-order valence-corrected chi connectivity index (χ3v) is 5.78. The summed E-state index contributed by atoms with van der Waals surface area (Å²) in [5, 5.41) is 30.0. The Bertz CT molecular complexity index is 1160. The molecule has 0 fully saturated rings. The van der Waals surface area contributed by atoms with Crippen LogP contribution < -0.4 is 44.1 Å². The summed E-state index contributed by atoms with van der Waals surface area (Å²) in [6.45, 7) is 3.69. The number of aliphatic hydroxyl groups is 2. The van der Waals surface area contributed by atoms with E-state index in [1.165, 1.54) is 0 Å². The smallest absolute Gasteiger partial charge is 0.550 e. The number of carbonyl (C=O) groups excluding carboxylic acids is 1. The fraction of sp³-hybridized carbons (Fsp3) is 0.333. The predicted molar refractivity (Wildman–Crippen MR) is 133 cm³/mol. The molecule has 1 atom stereocenters. The zero-order valence-electron chi connectivity index (χ0n) is 21.1. The molecule has 0 unspecified atom stereocenters. The number of carboxylic acid groups (broad SMARTS) is 1. The maximum Gasteiger partial charge on any atom is 1.00 e. The minimum absolute atomic E-state index is 0. The average Bonchev–Trinajstić information content (AvgIpc) is 2.87. The molecule has 3 rings (SSSR count). The van der Waals surface area contributed by atoms with Crippen molar-refractivity contribution in [3.05, 3.63) is 76.4 Å². The zero-order valence-corrected chi connectivity index (χ0v) is 23.9. The molecule has 2 aromatic carbocycles. The molecule has 0 amide bonds. The van der Waals surface area contributed by atoms with Crippen LogP contribution in [0.2, 0.25) is 5.02 Å². The van der Waals surface area contributed by atoms with E-state index in [0.717, 1.165) is 22.3 Å². The molecule has 0 saturated carbocycles. The van der Waals surface area contributed by atoms with Crippen LogP contribution in [0.3, 0.4) is 0 Å². The Morgan fingerprint density at radius 1 is 1.05 bits per heavy atom. The van der Waals surface area contributed by atoms with Gasteiger partial charge in [0.15, 0.2) is 0 Å². The van der Waals surface area contributed by atoms with Crippen molar-refractivity contribution in [2.45, 2.75) is 39.1 Å². The molecular weight excluding hydrogens is 509 g/mol. The molecule has 3 aromatic rings. The van der Waals surface area contributed by atoms with Gasteiger partial charge in [-0.2, -0.15) is 0 Å². The number of carbonyl (C=O) groups is 1. The van der Waals surface area contributed by atoms with Crippen molar-refractivity contribution in [2.24, 2.45) is 0 Å². The van der Waals surface area contributed by atoms with E-state index >= 15 is 0 Å². The van der Waals surface area contributed by atoms with E-state index in [1.807, 2.05) is 32.0 Å². The van der Waals surface area contributed by atoms with Crippen LogP contribution in [0.5, 0.6) is 11.6 Å². The van der Waals surface area contributed by atoms with Crippen molar-refractivity contribution in [1.82, 2.24) is 4.98 Å². The van der Waals surface area contributed by atoms with Gasteiger partial charge in [-0.1, -0.05) is 29.8 Å². The number of benzene rings is 2. The second-order valence-corrected chi connectivity index (χ2v) is 8.49. The van der Waals surface area contributed by atoms with Gasteiger partial charge in [-0.25, -0.2) is 4.98 Å². The number of nitrogens with zero attached hydrogens (tertiary/aromatic N) is 1. The Morgan fingerprint density at radius 3 is 2.35 bits per heavy atom. The van der Waals surface area contributed by atoms with Crippen molar-refractivity contribution >= 4 is 17.6 Å². The van der Waals surface area contributed by atoms with Crippen molar-refractivity contribution in [2.75, 3.05) is 19.8 Å².